The molecule has 0 aromatic rings. The molecule has 2 rings (SSSR count). The van der Waals surface area contributed by atoms with E-state index in [1.165, 1.54) is 4.90 Å². The van der Waals surface area contributed by atoms with Crippen LogP contribution in [0.2, 0.25) is 0 Å². The van der Waals surface area contributed by atoms with E-state index >= 15 is 0 Å². The summed E-state index contributed by atoms with van der Waals surface area (Å²) < 4.78 is 5.38. The summed E-state index contributed by atoms with van der Waals surface area (Å²) in [5, 5.41) is 0. The molecule has 4 atom stereocenters. The smallest absolute Gasteiger partial charge is 0.409 e. The summed E-state index contributed by atoms with van der Waals surface area (Å²) in [6.45, 7) is 9.48. The highest BCUT2D eigenvalue weighted by Crippen LogP contribution is 2.43. The number of carbonyl (C=O) groups excluding carboxylic acids is 1. The predicted octanol–water partition coefficient (Wildman–Crippen LogP) is 1.33. The minimum Gasteiger partial charge on any atom is -0.447 e. The standard InChI is InChI=1S/C16H29N5O2/c1-10-7-8-21-12(3)19-13(9-23-15(22)20(5)6)14(16(10,21)4)18-11(2)17/h10,13-14H,7-9H2,1-6H3,(H2,17,18). The van der Waals surface area contributed by atoms with Crippen LogP contribution in [-0.2, 0) is 4.74 Å². The molecule has 2 aliphatic rings. The average Bonchev–Trinajstić information content (AvgIpc) is 2.77. The second kappa shape index (κ2) is 6.37. The first-order valence-electron chi connectivity index (χ1n) is 8.14. The van der Waals surface area contributed by atoms with Crippen LogP contribution in [0, 0.1) is 5.92 Å². The first-order chi connectivity index (χ1) is 10.7. The lowest BCUT2D eigenvalue weighted by Gasteiger charge is -2.49. The number of ether oxygens (including phenoxy) is 1. The van der Waals surface area contributed by atoms with Crippen LogP contribution in [-0.4, -0.2) is 72.4 Å². The van der Waals surface area contributed by atoms with Gasteiger partial charge in [0.1, 0.15) is 18.7 Å². The summed E-state index contributed by atoms with van der Waals surface area (Å²) >= 11 is 0. The average molecular weight is 323 g/mol. The maximum atomic E-state index is 11.8. The Balaban J connectivity index is 2.32. The Morgan fingerprint density at radius 2 is 2.22 bits per heavy atom. The third-order valence-electron chi connectivity index (χ3n) is 5.16. The molecule has 7 nitrogen and oxygen atoms in total. The van der Waals surface area contributed by atoms with Gasteiger partial charge in [-0.05, 0) is 33.1 Å². The van der Waals surface area contributed by atoms with Crippen molar-refractivity contribution in [2.24, 2.45) is 21.6 Å². The van der Waals surface area contributed by atoms with Gasteiger partial charge in [0.25, 0.3) is 0 Å². The van der Waals surface area contributed by atoms with E-state index in [9.17, 15) is 4.79 Å². The highest BCUT2D eigenvalue weighted by atomic mass is 16.6. The highest BCUT2D eigenvalue weighted by Gasteiger charge is 2.54. The van der Waals surface area contributed by atoms with Crippen LogP contribution < -0.4 is 5.73 Å². The predicted molar refractivity (Wildman–Crippen MR) is 91.9 cm³/mol. The SMILES string of the molecule is CC(N)=NC1C(COC(=O)N(C)C)N=C(C)N2CCC(C)C12C. The molecule has 0 radical (unpaired) electrons. The first-order valence-corrected chi connectivity index (χ1v) is 8.14. The normalized spacial score (nSPS) is 34.0. The van der Waals surface area contributed by atoms with E-state index in [1.54, 1.807) is 21.0 Å². The van der Waals surface area contributed by atoms with E-state index in [-0.39, 0.29) is 30.3 Å². The lowest BCUT2D eigenvalue weighted by atomic mass is 9.77. The van der Waals surface area contributed by atoms with Gasteiger partial charge < -0.3 is 20.3 Å². The van der Waals surface area contributed by atoms with Gasteiger partial charge in [0.05, 0.1) is 17.2 Å². The fourth-order valence-electron chi connectivity index (χ4n) is 3.70. The molecule has 1 saturated heterocycles. The van der Waals surface area contributed by atoms with Crippen molar-refractivity contribution in [3.05, 3.63) is 0 Å². The topological polar surface area (TPSA) is 83.5 Å². The van der Waals surface area contributed by atoms with Gasteiger partial charge in [0.2, 0.25) is 0 Å². The molecule has 2 aliphatic heterocycles. The third kappa shape index (κ3) is 3.14. The zero-order valence-electron chi connectivity index (χ0n) is 15.0. The van der Waals surface area contributed by atoms with Crippen LogP contribution in [0.4, 0.5) is 4.79 Å². The van der Waals surface area contributed by atoms with Crippen LogP contribution >= 0.6 is 0 Å². The van der Waals surface area contributed by atoms with E-state index < -0.39 is 0 Å². The van der Waals surface area contributed by atoms with Crippen LogP contribution in [0.25, 0.3) is 0 Å². The van der Waals surface area contributed by atoms with Crippen LogP contribution in [0.1, 0.15) is 34.1 Å². The van der Waals surface area contributed by atoms with Crippen LogP contribution in [0.5, 0.6) is 0 Å². The minimum absolute atomic E-state index is 0.122. The first kappa shape index (κ1) is 17.6. The van der Waals surface area contributed by atoms with Crippen molar-refractivity contribution in [3.8, 4) is 0 Å². The molecular formula is C16H29N5O2. The molecule has 0 saturated carbocycles. The Labute approximate surface area is 138 Å². The Kier molecular flexibility index (Phi) is 4.87. The van der Waals surface area contributed by atoms with Crippen molar-refractivity contribution in [2.75, 3.05) is 27.2 Å². The van der Waals surface area contributed by atoms with E-state index in [4.69, 9.17) is 15.5 Å². The van der Waals surface area contributed by atoms with Gasteiger partial charge in [0.15, 0.2) is 0 Å². The zero-order valence-corrected chi connectivity index (χ0v) is 15.0. The van der Waals surface area contributed by atoms with Gasteiger partial charge in [-0.3, -0.25) is 9.98 Å². The molecule has 130 valence electrons. The lowest BCUT2D eigenvalue weighted by Crippen LogP contribution is -2.62. The number of amides is 1. The second-order valence-electron chi connectivity index (χ2n) is 7.00. The minimum atomic E-state index is -0.364. The molecule has 4 unspecified atom stereocenters. The third-order valence-corrected chi connectivity index (χ3v) is 5.16. The molecule has 2 N–H and O–H groups in total. The number of rotatable bonds is 3. The lowest BCUT2D eigenvalue weighted by molar-refractivity contribution is 0.0794. The van der Waals surface area contributed by atoms with Crippen molar-refractivity contribution in [2.45, 2.75) is 51.7 Å². The van der Waals surface area contributed by atoms with E-state index in [2.05, 4.69) is 23.7 Å². The quantitative estimate of drug-likeness (QED) is 0.627. The monoisotopic (exact) mass is 323 g/mol. The number of fused-ring (bicyclic) bond motifs is 1. The number of nitrogens with two attached hydrogens (primary N) is 1. The van der Waals surface area contributed by atoms with E-state index in [1.807, 2.05) is 6.92 Å². The molecule has 0 aromatic heterocycles. The number of hydrogen-bond donors (Lipinski definition) is 1. The molecule has 0 spiro atoms. The van der Waals surface area contributed by atoms with Crippen LogP contribution in [0.3, 0.4) is 0 Å². The van der Waals surface area contributed by atoms with Crippen molar-refractivity contribution in [3.63, 3.8) is 0 Å². The summed E-state index contributed by atoms with van der Waals surface area (Å²) in [7, 11) is 3.33. The molecule has 0 bridgehead atoms. The maximum absolute atomic E-state index is 11.8. The molecule has 23 heavy (non-hydrogen) atoms. The fraction of sp³-hybridized carbons (Fsp3) is 0.812. The van der Waals surface area contributed by atoms with Gasteiger partial charge in [-0.2, -0.15) is 0 Å². The molecular weight excluding hydrogens is 294 g/mol. The van der Waals surface area contributed by atoms with Gasteiger partial charge in [0, 0.05) is 20.6 Å². The van der Waals surface area contributed by atoms with Gasteiger partial charge in [-0.1, -0.05) is 6.92 Å². The van der Waals surface area contributed by atoms with Gasteiger partial charge in [-0.25, -0.2) is 4.79 Å². The van der Waals surface area contributed by atoms with Gasteiger partial charge >= 0.3 is 6.09 Å². The second-order valence-corrected chi connectivity index (χ2v) is 7.00. The number of amidine groups is 2. The number of hydrogen-bond acceptors (Lipinski definition) is 5. The van der Waals surface area contributed by atoms with Crippen LogP contribution in [0.15, 0.2) is 9.98 Å². The van der Waals surface area contributed by atoms with Crippen molar-refractivity contribution < 1.29 is 9.53 Å². The van der Waals surface area contributed by atoms with Crippen molar-refractivity contribution in [1.29, 1.82) is 0 Å². The highest BCUT2D eigenvalue weighted by molar-refractivity contribution is 5.83. The zero-order chi connectivity index (χ0) is 17.4. The van der Waals surface area contributed by atoms with E-state index in [0.29, 0.717) is 11.8 Å². The summed E-state index contributed by atoms with van der Waals surface area (Å²) in [6, 6.07) is -0.331. The van der Waals surface area contributed by atoms with E-state index in [0.717, 1.165) is 18.8 Å². The molecule has 1 amide bonds. The summed E-state index contributed by atoms with van der Waals surface area (Å²) in [5.74, 6) is 1.99. The Bertz CT molecular complexity index is 527. The number of carbonyl (C=O) groups is 1. The molecule has 7 heteroatoms. The summed E-state index contributed by atoms with van der Waals surface area (Å²) in [6.07, 6.45) is 0.737. The van der Waals surface area contributed by atoms with Crippen molar-refractivity contribution >= 4 is 17.8 Å². The largest absolute Gasteiger partial charge is 0.447 e. The molecule has 0 aromatic carbocycles. The maximum Gasteiger partial charge on any atom is 0.409 e. The summed E-state index contributed by atoms with van der Waals surface area (Å²) in [5.41, 5.74) is 5.73. The number of nitrogens with zero attached hydrogens (tertiary/aromatic N) is 4. The Hall–Kier alpha value is -1.79. The Morgan fingerprint density at radius 3 is 2.78 bits per heavy atom. The van der Waals surface area contributed by atoms with Crippen molar-refractivity contribution in [1.82, 2.24) is 9.80 Å². The molecule has 1 fully saturated rings. The Morgan fingerprint density at radius 1 is 1.57 bits per heavy atom. The number of aliphatic imine (C=N–C) groups is 2. The molecule has 0 aliphatic carbocycles. The summed E-state index contributed by atoms with van der Waals surface area (Å²) in [4.78, 5) is 24.9. The van der Waals surface area contributed by atoms with Gasteiger partial charge in [-0.15, -0.1) is 0 Å². The fourth-order valence-corrected chi connectivity index (χ4v) is 3.70. The molecule has 2 heterocycles.